The van der Waals surface area contributed by atoms with Gasteiger partial charge in [0, 0.05) is 11.9 Å². The van der Waals surface area contributed by atoms with Crippen molar-refractivity contribution in [1.82, 2.24) is 4.98 Å². The Morgan fingerprint density at radius 1 is 1.37 bits per heavy atom. The second kappa shape index (κ2) is 5.19. The Labute approximate surface area is 110 Å². The van der Waals surface area contributed by atoms with Crippen LogP contribution in [0.2, 0.25) is 0 Å². The SMILES string of the molecule is Cc1ccc(C#N)cc1NC(=O)c1cncc(O)c1. The van der Waals surface area contributed by atoms with E-state index in [4.69, 9.17) is 5.26 Å². The number of benzene rings is 1. The molecule has 2 aromatic rings. The van der Waals surface area contributed by atoms with Crippen LogP contribution in [0.4, 0.5) is 5.69 Å². The molecular formula is C14H11N3O2. The molecule has 0 spiro atoms. The summed E-state index contributed by atoms with van der Waals surface area (Å²) in [5.74, 6) is -0.461. The standard InChI is InChI=1S/C14H11N3O2/c1-9-2-3-10(6-15)4-13(9)17-14(19)11-5-12(18)8-16-7-11/h2-5,7-8,18H,1H3,(H,17,19). The first-order valence-corrected chi connectivity index (χ1v) is 5.56. The van der Waals surface area contributed by atoms with E-state index >= 15 is 0 Å². The monoisotopic (exact) mass is 253 g/mol. The number of nitrogens with zero attached hydrogens (tertiary/aromatic N) is 2. The predicted octanol–water partition coefficient (Wildman–Crippen LogP) is 2.22. The summed E-state index contributed by atoms with van der Waals surface area (Å²) in [5, 5.41) is 20.8. The van der Waals surface area contributed by atoms with E-state index in [1.54, 1.807) is 18.2 Å². The number of aromatic hydroxyl groups is 1. The predicted molar refractivity (Wildman–Crippen MR) is 69.7 cm³/mol. The highest BCUT2D eigenvalue weighted by Crippen LogP contribution is 2.18. The van der Waals surface area contributed by atoms with Crippen molar-refractivity contribution in [3.05, 3.63) is 53.3 Å². The minimum atomic E-state index is -0.387. The number of amides is 1. The molecule has 1 heterocycles. The zero-order valence-corrected chi connectivity index (χ0v) is 10.2. The Morgan fingerprint density at radius 2 is 2.16 bits per heavy atom. The fourth-order valence-corrected chi connectivity index (χ4v) is 1.57. The lowest BCUT2D eigenvalue weighted by Crippen LogP contribution is -2.13. The first kappa shape index (κ1) is 12.6. The summed E-state index contributed by atoms with van der Waals surface area (Å²) in [6.45, 7) is 1.83. The van der Waals surface area contributed by atoms with Crippen LogP contribution in [-0.4, -0.2) is 16.0 Å². The lowest BCUT2D eigenvalue weighted by Gasteiger charge is -2.08. The number of anilines is 1. The molecule has 0 unspecified atom stereocenters. The molecule has 0 aliphatic rings. The molecule has 2 rings (SSSR count). The van der Waals surface area contributed by atoms with Gasteiger partial charge < -0.3 is 10.4 Å². The maximum absolute atomic E-state index is 12.0. The largest absolute Gasteiger partial charge is 0.506 e. The molecule has 5 heteroatoms. The summed E-state index contributed by atoms with van der Waals surface area (Å²) >= 11 is 0. The third kappa shape index (κ3) is 2.87. The van der Waals surface area contributed by atoms with Crippen LogP contribution in [0.5, 0.6) is 5.75 Å². The fourth-order valence-electron chi connectivity index (χ4n) is 1.57. The Balaban J connectivity index is 2.27. The molecule has 0 bridgehead atoms. The van der Waals surface area contributed by atoms with Crippen molar-refractivity contribution in [2.45, 2.75) is 6.92 Å². The Kier molecular flexibility index (Phi) is 3.44. The molecular weight excluding hydrogens is 242 g/mol. The number of aromatic nitrogens is 1. The van der Waals surface area contributed by atoms with Crippen LogP contribution >= 0.6 is 0 Å². The van der Waals surface area contributed by atoms with E-state index in [2.05, 4.69) is 10.3 Å². The van der Waals surface area contributed by atoms with Gasteiger partial charge in [-0.15, -0.1) is 0 Å². The zero-order chi connectivity index (χ0) is 13.8. The number of carbonyl (C=O) groups is 1. The fraction of sp³-hybridized carbons (Fsp3) is 0.0714. The maximum atomic E-state index is 12.0. The van der Waals surface area contributed by atoms with E-state index in [0.29, 0.717) is 11.3 Å². The van der Waals surface area contributed by atoms with Crippen LogP contribution in [0.25, 0.3) is 0 Å². The Morgan fingerprint density at radius 3 is 2.84 bits per heavy atom. The van der Waals surface area contributed by atoms with Crippen molar-refractivity contribution < 1.29 is 9.90 Å². The van der Waals surface area contributed by atoms with Crippen LogP contribution in [0.15, 0.2) is 36.7 Å². The van der Waals surface area contributed by atoms with Gasteiger partial charge in [-0.2, -0.15) is 5.26 Å². The molecule has 0 atom stereocenters. The van der Waals surface area contributed by atoms with Gasteiger partial charge in [-0.3, -0.25) is 9.78 Å². The van der Waals surface area contributed by atoms with Crippen molar-refractivity contribution >= 4 is 11.6 Å². The highest BCUT2D eigenvalue weighted by atomic mass is 16.3. The van der Waals surface area contributed by atoms with E-state index in [-0.39, 0.29) is 17.2 Å². The lowest BCUT2D eigenvalue weighted by atomic mass is 10.1. The number of aryl methyl sites for hydroxylation is 1. The average molecular weight is 253 g/mol. The molecule has 19 heavy (non-hydrogen) atoms. The van der Waals surface area contributed by atoms with E-state index in [9.17, 15) is 9.90 Å². The molecule has 94 valence electrons. The van der Waals surface area contributed by atoms with Crippen LogP contribution < -0.4 is 5.32 Å². The van der Waals surface area contributed by atoms with Gasteiger partial charge in [-0.25, -0.2) is 0 Å². The van der Waals surface area contributed by atoms with Crippen LogP contribution in [0.3, 0.4) is 0 Å². The van der Waals surface area contributed by atoms with Gasteiger partial charge in [0.1, 0.15) is 5.75 Å². The van der Waals surface area contributed by atoms with Gasteiger partial charge >= 0.3 is 0 Å². The van der Waals surface area contributed by atoms with E-state index < -0.39 is 0 Å². The summed E-state index contributed by atoms with van der Waals surface area (Å²) in [6.07, 6.45) is 2.61. The Hall–Kier alpha value is -2.87. The van der Waals surface area contributed by atoms with Gasteiger partial charge in [0.25, 0.3) is 5.91 Å². The molecule has 0 aliphatic carbocycles. The highest BCUT2D eigenvalue weighted by Gasteiger charge is 2.09. The number of nitriles is 1. The number of nitrogens with one attached hydrogen (secondary N) is 1. The molecule has 2 N–H and O–H groups in total. The molecule has 0 saturated heterocycles. The summed E-state index contributed by atoms with van der Waals surface area (Å²) in [4.78, 5) is 15.7. The minimum absolute atomic E-state index is 0.0739. The van der Waals surface area contributed by atoms with Crippen molar-refractivity contribution in [3.8, 4) is 11.8 Å². The smallest absolute Gasteiger partial charge is 0.257 e. The first-order chi connectivity index (χ1) is 9.10. The molecule has 5 nitrogen and oxygen atoms in total. The van der Waals surface area contributed by atoms with Crippen molar-refractivity contribution in [1.29, 1.82) is 5.26 Å². The molecule has 1 amide bonds. The quantitative estimate of drug-likeness (QED) is 0.859. The third-order valence-corrected chi connectivity index (χ3v) is 2.60. The minimum Gasteiger partial charge on any atom is -0.506 e. The number of hydrogen-bond acceptors (Lipinski definition) is 4. The molecule has 0 fully saturated rings. The molecule has 0 radical (unpaired) electrons. The van der Waals surface area contributed by atoms with Gasteiger partial charge in [-0.1, -0.05) is 6.07 Å². The van der Waals surface area contributed by atoms with E-state index in [1.165, 1.54) is 18.5 Å². The summed E-state index contributed by atoms with van der Waals surface area (Å²) < 4.78 is 0. The van der Waals surface area contributed by atoms with Crippen LogP contribution in [0, 0.1) is 18.3 Å². The van der Waals surface area contributed by atoms with Crippen LogP contribution in [-0.2, 0) is 0 Å². The second-order valence-corrected chi connectivity index (χ2v) is 4.03. The molecule has 1 aromatic heterocycles. The highest BCUT2D eigenvalue weighted by molar-refractivity contribution is 6.04. The van der Waals surface area contributed by atoms with Gasteiger partial charge in [0.05, 0.1) is 23.4 Å². The maximum Gasteiger partial charge on any atom is 0.257 e. The summed E-state index contributed by atoms with van der Waals surface area (Å²) in [5.41, 5.74) is 2.13. The van der Waals surface area contributed by atoms with Crippen LogP contribution in [0.1, 0.15) is 21.5 Å². The number of pyridine rings is 1. The molecule has 0 saturated carbocycles. The first-order valence-electron chi connectivity index (χ1n) is 5.56. The van der Waals surface area contributed by atoms with Crippen molar-refractivity contribution in [2.75, 3.05) is 5.32 Å². The molecule has 0 aliphatic heterocycles. The summed E-state index contributed by atoms with van der Waals surface area (Å²) in [6, 6.07) is 8.38. The second-order valence-electron chi connectivity index (χ2n) is 4.03. The topological polar surface area (TPSA) is 86.0 Å². The van der Waals surface area contributed by atoms with Crippen molar-refractivity contribution in [3.63, 3.8) is 0 Å². The zero-order valence-electron chi connectivity index (χ0n) is 10.2. The normalized spacial score (nSPS) is 9.68. The third-order valence-electron chi connectivity index (χ3n) is 2.60. The van der Waals surface area contributed by atoms with Crippen molar-refractivity contribution in [2.24, 2.45) is 0 Å². The molecule has 1 aromatic carbocycles. The van der Waals surface area contributed by atoms with E-state index in [1.807, 2.05) is 13.0 Å². The summed E-state index contributed by atoms with van der Waals surface area (Å²) in [7, 11) is 0. The number of hydrogen-bond donors (Lipinski definition) is 2. The van der Waals surface area contributed by atoms with E-state index in [0.717, 1.165) is 5.56 Å². The van der Waals surface area contributed by atoms with Gasteiger partial charge in [0.15, 0.2) is 0 Å². The van der Waals surface area contributed by atoms with Gasteiger partial charge in [0.2, 0.25) is 0 Å². The lowest BCUT2D eigenvalue weighted by molar-refractivity contribution is 0.102. The van der Waals surface area contributed by atoms with Gasteiger partial charge in [-0.05, 0) is 30.7 Å². The number of rotatable bonds is 2. The average Bonchev–Trinajstić information content (AvgIpc) is 2.41. The Bertz CT molecular complexity index is 675. The number of carbonyl (C=O) groups excluding carboxylic acids is 1.